The van der Waals surface area contributed by atoms with Crippen molar-refractivity contribution in [3.05, 3.63) is 45.9 Å². The first-order chi connectivity index (χ1) is 11.0. The molecule has 1 aromatic carbocycles. The van der Waals surface area contributed by atoms with Crippen molar-refractivity contribution in [1.29, 1.82) is 0 Å². The maximum atomic E-state index is 12.2. The van der Waals surface area contributed by atoms with E-state index in [1.165, 1.54) is 0 Å². The average Bonchev–Trinajstić information content (AvgIpc) is 2.94. The van der Waals surface area contributed by atoms with Gasteiger partial charge in [0.2, 0.25) is 0 Å². The lowest BCUT2D eigenvalue weighted by molar-refractivity contribution is 0.194. The zero-order chi connectivity index (χ0) is 16.8. The molecule has 0 bridgehead atoms. The monoisotopic (exact) mass is 333 g/mol. The van der Waals surface area contributed by atoms with Crippen LogP contribution in [0.15, 0.2) is 29.6 Å². The molecule has 2 aromatic rings. The number of phenolic OH excluding ortho intramolecular Hbond substituents is 1. The van der Waals surface area contributed by atoms with Gasteiger partial charge in [-0.05, 0) is 38.0 Å². The maximum Gasteiger partial charge on any atom is 0.317 e. The summed E-state index contributed by atoms with van der Waals surface area (Å²) in [7, 11) is 1.80. The van der Waals surface area contributed by atoms with Crippen LogP contribution in [-0.4, -0.2) is 40.7 Å². The fraction of sp³-hybridized carbons (Fsp3) is 0.412. The normalized spacial score (nSPS) is 12.0. The molecule has 5 nitrogen and oxygen atoms in total. The second kappa shape index (κ2) is 7.97. The van der Waals surface area contributed by atoms with Gasteiger partial charge in [0.1, 0.15) is 5.75 Å². The van der Waals surface area contributed by atoms with E-state index in [1.54, 1.807) is 35.4 Å². The average molecular weight is 333 g/mol. The molecule has 0 unspecified atom stereocenters. The van der Waals surface area contributed by atoms with E-state index < -0.39 is 0 Å². The third kappa shape index (κ3) is 5.25. The topological polar surface area (TPSA) is 65.5 Å². The second-order valence-corrected chi connectivity index (χ2v) is 6.73. The molecule has 0 saturated carbocycles. The van der Waals surface area contributed by atoms with Gasteiger partial charge in [0, 0.05) is 31.4 Å². The van der Waals surface area contributed by atoms with Gasteiger partial charge < -0.3 is 15.3 Å². The lowest BCUT2D eigenvalue weighted by Gasteiger charge is -2.25. The number of carbonyl (C=O) groups excluding carboxylic acids is 1. The zero-order valence-corrected chi connectivity index (χ0v) is 14.6. The molecule has 6 heteroatoms. The van der Waals surface area contributed by atoms with Crippen molar-refractivity contribution in [2.75, 3.05) is 13.6 Å². The minimum absolute atomic E-state index is 0.0704. The number of carbonyl (C=O) groups is 1. The predicted octanol–water partition coefficient (Wildman–Crippen LogP) is 2.97. The van der Waals surface area contributed by atoms with Crippen LogP contribution in [0.5, 0.6) is 5.75 Å². The van der Waals surface area contributed by atoms with Crippen LogP contribution in [0.25, 0.3) is 0 Å². The second-order valence-electron chi connectivity index (χ2n) is 5.67. The number of nitrogens with zero attached hydrogens (tertiary/aromatic N) is 2. The zero-order valence-electron chi connectivity index (χ0n) is 13.7. The summed E-state index contributed by atoms with van der Waals surface area (Å²) in [6.07, 6.45) is 1.49. The van der Waals surface area contributed by atoms with Crippen LogP contribution in [0.4, 0.5) is 4.79 Å². The molecule has 2 rings (SSSR count). The van der Waals surface area contributed by atoms with E-state index in [1.807, 2.05) is 31.4 Å². The van der Waals surface area contributed by atoms with Crippen molar-refractivity contribution in [2.24, 2.45) is 0 Å². The molecule has 1 aromatic heterocycles. The maximum absolute atomic E-state index is 12.2. The summed E-state index contributed by atoms with van der Waals surface area (Å²) in [5, 5.41) is 15.3. The Kier molecular flexibility index (Phi) is 5.98. The molecule has 0 aliphatic heterocycles. The number of thiazole rings is 1. The van der Waals surface area contributed by atoms with E-state index >= 15 is 0 Å². The Morgan fingerprint density at radius 1 is 1.39 bits per heavy atom. The molecule has 23 heavy (non-hydrogen) atoms. The highest BCUT2D eigenvalue weighted by Gasteiger charge is 2.15. The summed E-state index contributed by atoms with van der Waals surface area (Å²) >= 11 is 1.62. The number of phenols is 1. The van der Waals surface area contributed by atoms with Gasteiger partial charge in [-0.15, -0.1) is 11.3 Å². The van der Waals surface area contributed by atoms with Gasteiger partial charge in [0.15, 0.2) is 0 Å². The fourth-order valence-electron chi connectivity index (χ4n) is 2.26. The Bertz CT molecular complexity index is 640. The van der Waals surface area contributed by atoms with E-state index in [0.717, 1.165) is 29.1 Å². The fourth-order valence-corrected chi connectivity index (χ4v) is 2.90. The molecule has 0 aliphatic rings. The van der Waals surface area contributed by atoms with Gasteiger partial charge in [-0.25, -0.2) is 9.78 Å². The third-order valence-electron chi connectivity index (χ3n) is 3.77. The summed E-state index contributed by atoms with van der Waals surface area (Å²) in [4.78, 5) is 18.3. The summed E-state index contributed by atoms with van der Waals surface area (Å²) in [6, 6.07) is 7.07. The van der Waals surface area contributed by atoms with Crippen LogP contribution in [0.2, 0.25) is 0 Å². The molecule has 1 atom stereocenters. The third-order valence-corrected chi connectivity index (χ3v) is 4.60. The van der Waals surface area contributed by atoms with Gasteiger partial charge in [0.25, 0.3) is 0 Å². The summed E-state index contributed by atoms with van der Waals surface area (Å²) in [5.41, 5.74) is 2.11. The molecule has 0 radical (unpaired) electrons. The van der Waals surface area contributed by atoms with E-state index in [-0.39, 0.29) is 17.8 Å². The first-order valence-corrected chi connectivity index (χ1v) is 8.53. The highest BCUT2D eigenvalue weighted by molar-refractivity contribution is 7.09. The molecular formula is C17H23N3O2S. The standard InChI is InChI=1S/C17H23N3O2S/c1-12(10-14-4-6-16(21)7-5-14)20(3)17(22)18-9-8-15-11-23-13(2)19-15/h4-7,11-12,21H,8-10H2,1-3H3,(H,18,22)/t12-/m0/s1. The first kappa shape index (κ1) is 17.3. The lowest BCUT2D eigenvalue weighted by atomic mass is 10.1. The number of benzene rings is 1. The largest absolute Gasteiger partial charge is 0.508 e. The molecule has 0 aliphatic carbocycles. The van der Waals surface area contributed by atoms with Crippen molar-refractivity contribution in [3.63, 3.8) is 0 Å². The van der Waals surface area contributed by atoms with Crippen LogP contribution in [0.3, 0.4) is 0 Å². The van der Waals surface area contributed by atoms with E-state index in [4.69, 9.17) is 0 Å². The predicted molar refractivity (Wildman–Crippen MR) is 93.0 cm³/mol. The Balaban J connectivity index is 1.77. The van der Waals surface area contributed by atoms with Gasteiger partial charge in [-0.3, -0.25) is 0 Å². The van der Waals surface area contributed by atoms with E-state index in [9.17, 15) is 9.90 Å². The minimum Gasteiger partial charge on any atom is -0.508 e. The van der Waals surface area contributed by atoms with Crippen molar-refractivity contribution >= 4 is 17.4 Å². The van der Waals surface area contributed by atoms with Crippen molar-refractivity contribution in [1.82, 2.24) is 15.2 Å². The highest BCUT2D eigenvalue weighted by Crippen LogP contribution is 2.13. The number of hydrogen-bond donors (Lipinski definition) is 2. The van der Waals surface area contributed by atoms with Crippen LogP contribution in [-0.2, 0) is 12.8 Å². The minimum atomic E-state index is -0.0803. The quantitative estimate of drug-likeness (QED) is 0.854. The number of amides is 2. The number of aryl methyl sites for hydroxylation is 1. The number of rotatable bonds is 6. The highest BCUT2D eigenvalue weighted by atomic mass is 32.1. The van der Waals surface area contributed by atoms with Gasteiger partial charge in [0.05, 0.1) is 10.7 Å². The number of urea groups is 1. The smallest absolute Gasteiger partial charge is 0.317 e. The van der Waals surface area contributed by atoms with Crippen LogP contribution in [0.1, 0.15) is 23.2 Å². The van der Waals surface area contributed by atoms with Crippen molar-refractivity contribution < 1.29 is 9.90 Å². The molecule has 0 fully saturated rings. The van der Waals surface area contributed by atoms with E-state index in [0.29, 0.717) is 6.54 Å². The van der Waals surface area contributed by atoms with Crippen molar-refractivity contribution in [2.45, 2.75) is 32.7 Å². The Hall–Kier alpha value is -2.08. The number of hydrogen-bond acceptors (Lipinski definition) is 4. The Morgan fingerprint density at radius 2 is 2.09 bits per heavy atom. The molecule has 2 N–H and O–H groups in total. The number of likely N-dealkylation sites (N-methyl/N-ethyl adjacent to an activating group) is 1. The number of nitrogens with one attached hydrogen (secondary N) is 1. The Morgan fingerprint density at radius 3 is 2.70 bits per heavy atom. The van der Waals surface area contributed by atoms with Crippen LogP contribution >= 0.6 is 11.3 Å². The summed E-state index contributed by atoms with van der Waals surface area (Å²) < 4.78 is 0. The molecule has 0 saturated heterocycles. The van der Waals surface area contributed by atoms with Crippen LogP contribution in [0, 0.1) is 6.92 Å². The number of aromatic hydroxyl groups is 1. The SMILES string of the molecule is Cc1nc(CCNC(=O)N(C)[C@@H](C)Cc2ccc(O)cc2)cs1. The lowest BCUT2D eigenvalue weighted by Crippen LogP contribution is -2.43. The molecule has 1 heterocycles. The molecule has 124 valence electrons. The Labute approximate surface area is 141 Å². The van der Waals surface area contributed by atoms with Gasteiger partial charge >= 0.3 is 6.03 Å². The summed E-state index contributed by atoms with van der Waals surface area (Å²) in [5.74, 6) is 0.254. The molecule has 0 spiro atoms. The van der Waals surface area contributed by atoms with Crippen LogP contribution < -0.4 is 5.32 Å². The first-order valence-electron chi connectivity index (χ1n) is 7.65. The summed E-state index contributed by atoms with van der Waals surface area (Å²) in [6.45, 7) is 4.57. The van der Waals surface area contributed by atoms with Gasteiger partial charge in [-0.2, -0.15) is 0 Å². The van der Waals surface area contributed by atoms with Crippen molar-refractivity contribution in [3.8, 4) is 5.75 Å². The van der Waals surface area contributed by atoms with E-state index in [2.05, 4.69) is 10.3 Å². The molecular weight excluding hydrogens is 310 g/mol. The van der Waals surface area contributed by atoms with Gasteiger partial charge in [-0.1, -0.05) is 12.1 Å². The molecule has 2 amide bonds. The number of aromatic nitrogens is 1.